The van der Waals surface area contributed by atoms with Crippen molar-refractivity contribution >= 4 is 11.6 Å². The number of carbonyl (C=O) groups is 1. The lowest BCUT2D eigenvalue weighted by Gasteiger charge is -2.35. The number of hydrogen-bond acceptors (Lipinski definition) is 6. The number of ketones is 1. The Hall–Kier alpha value is -3.25. The first-order chi connectivity index (χ1) is 13.7. The van der Waals surface area contributed by atoms with Crippen LogP contribution >= 0.6 is 0 Å². The fourth-order valence-corrected chi connectivity index (χ4v) is 3.41. The van der Waals surface area contributed by atoms with Gasteiger partial charge in [-0.3, -0.25) is 9.78 Å². The lowest BCUT2D eigenvalue weighted by atomic mass is 10.0. The highest BCUT2D eigenvalue weighted by atomic mass is 16.5. The van der Waals surface area contributed by atoms with Crippen molar-refractivity contribution < 1.29 is 9.53 Å². The quantitative estimate of drug-likeness (QED) is 0.693. The van der Waals surface area contributed by atoms with Crippen molar-refractivity contribution in [1.29, 1.82) is 0 Å². The smallest absolute Gasteiger partial charge is 0.212 e. The van der Waals surface area contributed by atoms with Crippen LogP contribution in [0.4, 0.5) is 5.82 Å². The molecule has 1 N–H and O–H groups in total. The lowest BCUT2D eigenvalue weighted by molar-refractivity contribution is 0.103. The number of rotatable bonds is 5. The van der Waals surface area contributed by atoms with E-state index in [-0.39, 0.29) is 11.8 Å². The van der Waals surface area contributed by atoms with Crippen molar-refractivity contribution in [2.45, 2.75) is 6.04 Å². The van der Waals surface area contributed by atoms with Crippen LogP contribution in [0, 0.1) is 0 Å². The Kier molecular flexibility index (Phi) is 5.30. The van der Waals surface area contributed by atoms with Gasteiger partial charge in [-0.15, -0.1) is 0 Å². The molecule has 0 radical (unpaired) electrons. The summed E-state index contributed by atoms with van der Waals surface area (Å²) >= 11 is 0. The Morgan fingerprint density at radius 2 is 2.07 bits per heavy atom. The van der Waals surface area contributed by atoms with Crippen LogP contribution in [0.25, 0.3) is 0 Å². The number of aromatic nitrogens is 2. The van der Waals surface area contributed by atoms with Crippen LogP contribution in [0.3, 0.4) is 0 Å². The van der Waals surface area contributed by atoms with E-state index in [0.717, 1.165) is 31.2 Å². The van der Waals surface area contributed by atoms with Crippen molar-refractivity contribution in [3.63, 3.8) is 0 Å². The summed E-state index contributed by atoms with van der Waals surface area (Å²) in [5.74, 6) is 1.54. The molecule has 0 saturated carbocycles. The van der Waals surface area contributed by atoms with Gasteiger partial charge in [0.1, 0.15) is 17.3 Å². The first-order valence-electron chi connectivity index (χ1n) is 9.28. The van der Waals surface area contributed by atoms with E-state index in [4.69, 9.17) is 4.74 Å². The average molecular weight is 374 g/mol. The zero-order chi connectivity index (χ0) is 19.3. The zero-order valence-electron chi connectivity index (χ0n) is 15.7. The Morgan fingerprint density at radius 1 is 1.18 bits per heavy atom. The summed E-state index contributed by atoms with van der Waals surface area (Å²) in [7, 11) is 1.68. The van der Waals surface area contributed by atoms with Gasteiger partial charge in [0.2, 0.25) is 5.78 Å². The molecular weight excluding hydrogens is 352 g/mol. The zero-order valence-corrected chi connectivity index (χ0v) is 15.7. The highest BCUT2D eigenvalue weighted by Crippen LogP contribution is 2.24. The molecule has 3 aromatic rings. The van der Waals surface area contributed by atoms with Gasteiger partial charge in [0.05, 0.1) is 13.2 Å². The second kappa shape index (κ2) is 8.19. The van der Waals surface area contributed by atoms with E-state index < -0.39 is 0 Å². The molecular formula is C22H22N4O2. The van der Waals surface area contributed by atoms with Gasteiger partial charge in [-0.05, 0) is 42.0 Å². The van der Waals surface area contributed by atoms with Crippen LogP contribution < -0.4 is 15.0 Å². The predicted octanol–water partition coefficient (Wildman–Crippen LogP) is 2.87. The van der Waals surface area contributed by atoms with Gasteiger partial charge in [0, 0.05) is 37.6 Å². The summed E-state index contributed by atoms with van der Waals surface area (Å²) in [5.41, 5.74) is 2.15. The van der Waals surface area contributed by atoms with Crippen molar-refractivity contribution in [1.82, 2.24) is 15.3 Å². The first kappa shape index (κ1) is 18.1. The van der Waals surface area contributed by atoms with Gasteiger partial charge in [0.25, 0.3) is 0 Å². The largest absolute Gasteiger partial charge is 0.497 e. The van der Waals surface area contributed by atoms with E-state index in [9.17, 15) is 4.79 Å². The summed E-state index contributed by atoms with van der Waals surface area (Å²) in [6.07, 6.45) is 3.22. The molecule has 0 aliphatic carbocycles. The molecule has 1 fully saturated rings. The predicted molar refractivity (Wildman–Crippen MR) is 108 cm³/mol. The molecule has 1 atom stereocenters. The van der Waals surface area contributed by atoms with E-state index in [1.807, 2.05) is 24.3 Å². The number of anilines is 1. The van der Waals surface area contributed by atoms with E-state index in [0.29, 0.717) is 11.3 Å². The van der Waals surface area contributed by atoms with Crippen LogP contribution in [0.2, 0.25) is 0 Å². The summed E-state index contributed by atoms with van der Waals surface area (Å²) in [4.78, 5) is 23.6. The molecule has 142 valence electrons. The standard InChI is InChI=1S/C22H22N4O2/c1-28-18-7-2-5-16(13-18)20-15-26(12-11-24-20)21-9-3-8-19(25-21)22(27)17-6-4-10-23-14-17/h2-10,13-14,20,24H,11-12,15H2,1H3. The van der Waals surface area contributed by atoms with Crippen LogP contribution in [0.5, 0.6) is 5.75 Å². The van der Waals surface area contributed by atoms with Crippen molar-refractivity contribution in [2.75, 3.05) is 31.6 Å². The molecule has 1 unspecified atom stereocenters. The molecule has 6 heteroatoms. The minimum Gasteiger partial charge on any atom is -0.497 e. The number of hydrogen-bond donors (Lipinski definition) is 1. The van der Waals surface area contributed by atoms with Crippen LogP contribution in [0.1, 0.15) is 27.7 Å². The monoisotopic (exact) mass is 374 g/mol. The van der Waals surface area contributed by atoms with E-state index in [1.54, 1.807) is 37.7 Å². The number of carbonyl (C=O) groups excluding carboxylic acids is 1. The maximum atomic E-state index is 12.7. The first-order valence-corrected chi connectivity index (χ1v) is 9.28. The molecule has 0 amide bonds. The number of pyridine rings is 2. The van der Waals surface area contributed by atoms with Gasteiger partial charge in [-0.1, -0.05) is 18.2 Å². The Morgan fingerprint density at radius 3 is 2.89 bits per heavy atom. The number of piperazine rings is 1. The van der Waals surface area contributed by atoms with Crippen LogP contribution in [-0.2, 0) is 0 Å². The van der Waals surface area contributed by atoms with Gasteiger partial charge in [-0.25, -0.2) is 4.98 Å². The number of nitrogens with one attached hydrogen (secondary N) is 1. The second-order valence-electron chi connectivity index (χ2n) is 6.68. The van der Waals surface area contributed by atoms with E-state index in [2.05, 4.69) is 32.3 Å². The highest BCUT2D eigenvalue weighted by molar-refractivity contribution is 6.07. The Labute approximate surface area is 164 Å². The summed E-state index contributed by atoms with van der Waals surface area (Å²) < 4.78 is 5.34. The summed E-state index contributed by atoms with van der Waals surface area (Å²) in [6.45, 7) is 2.44. The minimum absolute atomic E-state index is 0.116. The number of nitrogens with zero attached hydrogens (tertiary/aromatic N) is 3. The van der Waals surface area contributed by atoms with Crippen LogP contribution in [0.15, 0.2) is 67.0 Å². The molecule has 4 rings (SSSR count). The molecule has 1 saturated heterocycles. The number of methoxy groups -OCH3 is 1. The van der Waals surface area contributed by atoms with Gasteiger partial charge < -0.3 is 15.0 Å². The minimum atomic E-state index is -0.116. The molecule has 2 aromatic heterocycles. The average Bonchev–Trinajstić information content (AvgIpc) is 2.79. The SMILES string of the molecule is COc1cccc(C2CN(c3cccc(C(=O)c4cccnc4)n3)CCN2)c1. The number of benzene rings is 1. The third kappa shape index (κ3) is 3.87. The summed E-state index contributed by atoms with van der Waals surface area (Å²) in [5, 5.41) is 3.55. The van der Waals surface area contributed by atoms with Crippen molar-refractivity contribution in [2.24, 2.45) is 0 Å². The van der Waals surface area contributed by atoms with Crippen LogP contribution in [-0.4, -0.2) is 42.5 Å². The molecule has 0 spiro atoms. The van der Waals surface area contributed by atoms with Gasteiger partial charge in [0.15, 0.2) is 0 Å². The van der Waals surface area contributed by atoms with Crippen molar-refractivity contribution in [3.05, 3.63) is 83.8 Å². The molecule has 6 nitrogen and oxygen atoms in total. The number of ether oxygens (including phenoxy) is 1. The molecule has 0 bridgehead atoms. The van der Waals surface area contributed by atoms with Gasteiger partial charge in [-0.2, -0.15) is 0 Å². The highest BCUT2D eigenvalue weighted by Gasteiger charge is 2.23. The normalized spacial score (nSPS) is 16.6. The molecule has 3 heterocycles. The maximum Gasteiger partial charge on any atom is 0.212 e. The molecule has 1 aliphatic heterocycles. The topological polar surface area (TPSA) is 67.3 Å². The fourth-order valence-electron chi connectivity index (χ4n) is 3.41. The fraction of sp³-hybridized carbons (Fsp3) is 0.227. The lowest BCUT2D eigenvalue weighted by Crippen LogP contribution is -2.46. The Balaban J connectivity index is 1.55. The van der Waals surface area contributed by atoms with E-state index in [1.165, 1.54) is 5.56 Å². The van der Waals surface area contributed by atoms with E-state index >= 15 is 0 Å². The molecule has 1 aliphatic rings. The molecule has 28 heavy (non-hydrogen) atoms. The van der Waals surface area contributed by atoms with Gasteiger partial charge >= 0.3 is 0 Å². The second-order valence-corrected chi connectivity index (χ2v) is 6.68. The molecule has 1 aromatic carbocycles. The third-order valence-corrected chi connectivity index (χ3v) is 4.89. The maximum absolute atomic E-state index is 12.7. The third-order valence-electron chi connectivity index (χ3n) is 4.89. The van der Waals surface area contributed by atoms with Crippen molar-refractivity contribution in [3.8, 4) is 5.75 Å². The Bertz CT molecular complexity index is 962. The summed E-state index contributed by atoms with van der Waals surface area (Å²) in [6, 6.07) is 17.4.